The molecule has 1 aromatic carbocycles. The van der Waals surface area contributed by atoms with E-state index in [9.17, 15) is 9.59 Å². The highest BCUT2D eigenvalue weighted by Crippen LogP contribution is 2.11. The molecule has 1 unspecified atom stereocenters. The van der Waals surface area contributed by atoms with Crippen molar-refractivity contribution in [2.75, 3.05) is 13.2 Å². The van der Waals surface area contributed by atoms with E-state index >= 15 is 0 Å². The maximum absolute atomic E-state index is 11.5. The van der Waals surface area contributed by atoms with Crippen LogP contribution < -0.4 is 10.1 Å². The third kappa shape index (κ3) is 6.22. The molecule has 5 nitrogen and oxygen atoms in total. The Morgan fingerprint density at radius 1 is 1.40 bits per heavy atom. The average molecular weight is 279 g/mol. The van der Waals surface area contributed by atoms with Crippen LogP contribution in [0.5, 0.6) is 5.75 Å². The van der Waals surface area contributed by atoms with E-state index in [0.29, 0.717) is 25.1 Å². The Bertz CT molecular complexity index is 459. The standard InChI is InChI=1S/C15H21NO4/c1-11-5-3-7-13(9-11)20-10-14(17)16-8-4-6-12(2)15(18)19/h3,5,7,9,12H,4,6,8,10H2,1-2H3,(H,16,17)(H,18,19). The second-order valence-electron chi connectivity index (χ2n) is 4.84. The first-order valence-electron chi connectivity index (χ1n) is 6.68. The highest BCUT2D eigenvalue weighted by Gasteiger charge is 2.10. The van der Waals surface area contributed by atoms with Crippen LogP contribution >= 0.6 is 0 Å². The molecule has 1 rings (SSSR count). The number of carboxylic acids is 1. The molecule has 0 aromatic heterocycles. The Kier molecular flexibility index (Phi) is 6.56. The predicted octanol–water partition coefficient (Wildman–Crippen LogP) is 1.99. The Balaban J connectivity index is 2.16. The summed E-state index contributed by atoms with van der Waals surface area (Å²) in [5.41, 5.74) is 1.07. The van der Waals surface area contributed by atoms with Crippen LogP contribution in [0.15, 0.2) is 24.3 Å². The van der Waals surface area contributed by atoms with Gasteiger partial charge in [0.15, 0.2) is 6.61 Å². The first-order chi connectivity index (χ1) is 9.49. The van der Waals surface area contributed by atoms with E-state index in [1.54, 1.807) is 13.0 Å². The molecule has 0 radical (unpaired) electrons. The molecular formula is C15H21NO4. The third-order valence-corrected chi connectivity index (χ3v) is 2.92. The molecule has 1 amide bonds. The molecule has 0 aliphatic carbocycles. The van der Waals surface area contributed by atoms with Crippen molar-refractivity contribution in [1.29, 1.82) is 0 Å². The lowest BCUT2D eigenvalue weighted by molar-refractivity contribution is -0.141. The summed E-state index contributed by atoms with van der Waals surface area (Å²) in [6, 6.07) is 7.49. The Morgan fingerprint density at radius 3 is 2.80 bits per heavy atom. The minimum atomic E-state index is -0.806. The summed E-state index contributed by atoms with van der Waals surface area (Å²) in [5.74, 6) is -0.719. The molecule has 0 spiro atoms. The van der Waals surface area contributed by atoms with Crippen LogP contribution in [0.25, 0.3) is 0 Å². The zero-order valence-corrected chi connectivity index (χ0v) is 11.9. The van der Waals surface area contributed by atoms with Gasteiger partial charge < -0.3 is 15.2 Å². The molecule has 0 saturated heterocycles. The number of aliphatic carboxylic acids is 1. The van der Waals surface area contributed by atoms with E-state index < -0.39 is 5.97 Å². The quantitative estimate of drug-likeness (QED) is 0.714. The molecule has 2 N–H and O–H groups in total. The second-order valence-corrected chi connectivity index (χ2v) is 4.84. The summed E-state index contributed by atoms with van der Waals surface area (Å²) in [7, 11) is 0. The SMILES string of the molecule is Cc1cccc(OCC(=O)NCCCC(C)C(=O)O)c1. The van der Waals surface area contributed by atoms with Crippen molar-refractivity contribution in [3.8, 4) is 5.75 Å². The van der Waals surface area contributed by atoms with Crippen LogP contribution in [-0.2, 0) is 9.59 Å². The van der Waals surface area contributed by atoms with Crippen molar-refractivity contribution >= 4 is 11.9 Å². The minimum absolute atomic E-state index is 0.0298. The van der Waals surface area contributed by atoms with Gasteiger partial charge in [-0.2, -0.15) is 0 Å². The third-order valence-electron chi connectivity index (χ3n) is 2.92. The largest absolute Gasteiger partial charge is 0.484 e. The van der Waals surface area contributed by atoms with Crippen molar-refractivity contribution < 1.29 is 19.4 Å². The number of nitrogens with one attached hydrogen (secondary N) is 1. The number of carboxylic acid groups (broad SMARTS) is 1. The first kappa shape index (κ1) is 16.0. The lowest BCUT2D eigenvalue weighted by Gasteiger charge is -2.09. The normalized spacial score (nSPS) is 11.7. The Hall–Kier alpha value is -2.04. The molecular weight excluding hydrogens is 258 g/mol. The fraction of sp³-hybridized carbons (Fsp3) is 0.467. The lowest BCUT2D eigenvalue weighted by atomic mass is 10.1. The summed E-state index contributed by atoms with van der Waals surface area (Å²) in [5, 5.41) is 11.4. The Labute approximate surface area is 118 Å². The van der Waals surface area contributed by atoms with Gasteiger partial charge in [-0.15, -0.1) is 0 Å². The molecule has 0 aliphatic rings. The fourth-order valence-corrected chi connectivity index (χ4v) is 1.66. The van der Waals surface area contributed by atoms with Crippen molar-refractivity contribution in [2.45, 2.75) is 26.7 Å². The zero-order chi connectivity index (χ0) is 15.0. The van der Waals surface area contributed by atoms with E-state index in [1.807, 2.05) is 25.1 Å². The highest BCUT2D eigenvalue weighted by molar-refractivity contribution is 5.77. The molecule has 1 atom stereocenters. The molecule has 1 aromatic rings. The van der Waals surface area contributed by atoms with Gasteiger partial charge in [0.25, 0.3) is 5.91 Å². The van der Waals surface area contributed by atoms with Crippen molar-refractivity contribution in [1.82, 2.24) is 5.32 Å². The summed E-state index contributed by atoms with van der Waals surface area (Å²) in [6.45, 7) is 4.05. The maximum Gasteiger partial charge on any atom is 0.306 e. The van der Waals surface area contributed by atoms with Crippen molar-refractivity contribution in [3.63, 3.8) is 0 Å². The van der Waals surface area contributed by atoms with Gasteiger partial charge in [0.1, 0.15) is 5.75 Å². The van der Waals surface area contributed by atoms with E-state index in [4.69, 9.17) is 9.84 Å². The van der Waals surface area contributed by atoms with E-state index in [1.165, 1.54) is 0 Å². The smallest absolute Gasteiger partial charge is 0.306 e. The summed E-state index contributed by atoms with van der Waals surface area (Å²) < 4.78 is 5.36. The predicted molar refractivity (Wildman–Crippen MR) is 75.7 cm³/mol. The number of hydrogen-bond donors (Lipinski definition) is 2. The topological polar surface area (TPSA) is 75.6 Å². The van der Waals surface area contributed by atoms with Gasteiger partial charge in [0, 0.05) is 6.54 Å². The van der Waals surface area contributed by atoms with E-state index in [0.717, 1.165) is 5.56 Å². The van der Waals surface area contributed by atoms with Crippen molar-refractivity contribution in [2.24, 2.45) is 5.92 Å². The van der Waals surface area contributed by atoms with Gasteiger partial charge >= 0.3 is 5.97 Å². The molecule has 0 heterocycles. The molecule has 0 bridgehead atoms. The first-order valence-corrected chi connectivity index (χ1v) is 6.68. The number of carbonyl (C=O) groups is 2. The van der Waals surface area contributed by atoms with Gasteiger partial charge in [0.2, 0.25) is 0 Å². The van der Waals surface area contributed by atoms with E-state index in [2.05, 4.69) is 5.32 Å². The van der Waals surface area contributed by atoms with E-state index in [-0.39, 0.29) is 18.4 Å². The van der Waals surface area contributed by atoms with Crippen LogP contribution in [0.4, 0.5) is 0 Å². The zero-order valence-electron chi connectivity index (χ0n) is 11.9. The van der Waals surface area contributed by atoms with Gasteiger partial charge in [-0.25, -0.2) is 0 Å². The van der Waals surface area contributed by atoms with Crippen LogP contribution in [-0.4, -0.2) is 30.1 Å². The number of hydrogen-bond acceptors (Lipinski definition) is 3. The number of rotatable bonds is 8. The number of carbonyl (C=O) groups excluding carboxylic acids is 1. The fourth-order valence-electron chi connectivity index (χ4n) is 1.66. The van der Waals surface area contributed by atoms with Gasteiger partial charge in [-0.1, -0.05) is 19.1 Å². The molecule has 5 heteroatoms. The second kappa shape index (κ2) is 8.19. The molecule has 0 aliphatic heterocycles. The van der Waals surface area contributed by atoms with Crippen LogP contribution in [0.1, 0.15) is 25.3 Å². The van der Waals surface area contributed by atoms with Gasteiger partial charge in [-0.3, -0.25) is 9.59 Å². The van der Waals surface area contributed by atoms with Gasteiger partial charge in [-0.05, 0) is 37.5 Å². The Morgan fingerprint density at radius 2 is 2.15 bits per heavy atom. The van der Waals surface area contributed by atoms with Crippen molar-refractivity contribution in [3.05, 3.63) is 29.8 Å². The number of benzene rings is 1. The number of ether oxygens (including phenoxy) is 1. The van der Waals surface area contributed by atoms with Gasteiger partial charge in [0.05, 0.1) is 5.92 Å². The summed E-state index contributed by atoms with van der Waals surface area (Å²) in [6.07, 6.45) is 1.19. The molecule has 110 valence electrons. The number of amides is 1. The molecule has 0 saturated carbocycles. The van der Waals surface area contributed by atoms with Crippen LogP contribution in [0, 0.1) is 12.8 Å². The maximum atomic E-state index is 11.5. The molecule has 0 fully saturated rings. The average Bonchev–Trinajstić information content (AvgIpc) is 2.41. The number of aryl methyl sites for hydroxylation is 1. The summed E-state index contributed by atoms with van der Waals surface area (Å²) >= 11 is 0. The molecule has 20 heavy (non-hydrogen) atoms. The lowest BCUT2D eigenvalue weighted by Crippen LogP contribution is -2.30. The van der Waals surface area contributed by atoms with Crippen LogP contribution in [0.2, 0.25) is 0 Å². The summed E-state index contributed by atoms with van der Waals surface area (Å²) in [4.78, 5) is 22.1. The monoisotopic (exact) mass is 279 g/mol. The highest BCUT2D eigenvalue weighted by atomic mass is 16.5. The van der Waals surface area contributed by atoms with Crippen LogP contribution in [0.3, 0.4) is 0 Å². The minimum Gasteiger partial charge on any atom is -0.484 e.